The second-order valence-corrected chi connectivity index (χ2v) is 6.10. The van der Waals surface area contributed by atoms with Crippen molar-refractivity contribution >= 4 is 33.4 Å². The van der Waals surface area contributed by atoms with E-state index in [1.807, 2.05) is 48.5 Å². The Morgan fingerprint density at radius 3 is 2.67 bits per heavy atom. The van der Waals surface area contributed by atoms with Crippen molar-refractivity contribution in [1.82, 2.24) is 20.2 Å². The molecule has 0 saturated heterocycles. The van der Waals surface area contributed by atoms with Crippen LogP contribution in [0.4, 0.5) is 5.69 Å². The first-order valence-corrected chi connectivity index (χ1v) is 8.03. The maximum absolute atomic E-state index is 6.01. The molecule has 0 fully saturated rings. The summed E-state index contributed by atoms with van der Waals surface area (Å²) < 4.78 is 2.71. The fourth-order valence-electron chi connectivity index (χ4n) is 1.86. The van der Waals surface area contributed by atoms with Gasteiger partial charge in [-0.05, 0) is 40.3 Å². The second-order valence-electron chi connectivity index (χ2n) is 4.31. The Kier molecular flexibility index (Phi) is 4.21. The zero-order valence-corrected chi connectivity index (χ0v) is 13.4. The van der Waals surface area contributed by atoms with Gasteiger partial charge in [0.15, 0.2) is 0 Å². The first kappa shape index (κ1) is 14.1. The van der Waals surface area contributed by atoms with Gasteiger partial charge in [-0.2, -0.15) is 4.68 Å². The highest BCUT2D eigenvalue weighted by Gasteiger charge is 2.11. The molecule has 3 rings (SSSR count). The van der Waals surface area contributed by atoms with Gasteiger partial charge in [-0.3, -0.25) is 0 Å². The maximum atomic E-state index is 6.01. The minimum absolute atomic E-state index is 0.695. The normalized spacial score (nSPS) is 10.7. The van der Waals surface area contributed by atoms with Crippen LogP contribution < -0.4 is 5.73 Å². The summed E-state index contributed by atoms with van der Waals surface area (Å²) >= 11 is 5.07. The van der Waals surface area contributed by atoms with E-state index in [4.69, 9.17) is 5.73 Å². The number of thioether (sulfide) groups is 1. The average Bonchev–Trinajstić information content (AvgIpc) is 2.96. The highest BCUT2D eigenvalue weighted by Crippen LogP contribution is 2.30. The van der Waals surface area contributed by atoms with Crippen molar-refractivity contribution in [3.8, 4) is 5.69 Å². The lowest BCUT2D eigenvalue weighted by atomic mass is 10.2. The fourth-order valence-corrected chi connectivity index (χ4v) is 3.53. The number of hydrogen-bond acceptors (Lipinski definition) is 5. The monoisotopic (exact) mass is 361 g/mol. The fraction of sp³-hybridized carbons (Fsp3) is 0.0714. The van der Waals surface area contributed by atoms with Gasteiger partial charge in [0, 0.05) is 15.9 Å². The quantitative estimate of drug-likeness (QED) is 0.570. The number of anilines is 1. The van der Waals surface area contributed by atoms with Crippen LogP contribution in [-0.2, 0) is 5.75 Å². The minimum atomic E-state index is 0.695. The predicted molar refractivity (Wildman–Crippen MR) is 87.3 cm³/mol. The van der Waals surface area contributed by atoms with Crippen LogP contribution in [0.15, 0.2) is 58.2 Å². The first-order valence-electron chi connectivity index (χ1n) is 6.25. The van der Waals surface area contributed by atoms with Crippen LogP contribution in [0, 0.1) is 0 Å². The summed E-state index contributed by atoms with van der Waals surface area (Å²) in [7, 11) is 0. The van der Waals surface area contributed by atoms with Crippen LogP contribution in [0.2, 0.25) is 0 Å². The van der Waals surface area contributed by atoms with E-state index >= 15 is 0 Å². The van der Waals surface area contributed by atoms with E-state index in [1.165, 1.54) is 0 Å². The lowest BCUT2D eigenvalue weighted by molar-refractivity contribution is 0.756. The highest BCUT2D eigenvalue weighted by atomic mass is 79.9. The van der Waals surface area contributed by atoms with Crippen molar-refractivity contribution in [2.75, 3.05) is 5.73 Å². The van der Waals surface area contributed by atoms with E-state index in [1.54, 1.807) is 16.4 Å². The van der Waals surface area contributed by atoms with Crippen molar-refractivity contribution in [2.24, 2.45) is 0 Å². The van der Waals surface area contributed by atoms with Crippen LogP contribution in [-0.4, -0.2) is 20.2 Å². The molecule has 2 N–H and O–H groups in total. The number of para-hydroxylation sites is 1. The molecule has 0 bridgehead atoms. The van der Waals surface area contributed by atoms with Gasteiger partial charge in [0.2, 0.25) is 5.16 Å². The number of rotatable bonds is 4. The molecule has 21 heavy (non-hydrogen) atoms. The molecule has 7 heteroatoms. The number of nitrogens with zero attached hydrogens (tertiary/aromatic N) is 4. The molecule has 0 atom stereocenters. The van der Waals surface area contributed by atoms with Gasteiger partial charge in [0.1, 0.15) is 0 Å². The Labute approximate surface area is 134 Å². The molecule has 0 unspecified atom stereocenters. The molecule has 0 spiro atoms. The molecule has 3 aromatic rings. The van der Waals surface area contributed by atoms with Crippen molar-refractivity contribution in [3.63, 3.8) is 0 Å². The molecule has 0 aliphatic carbocycles. The zero-order valence-electron chi connectivity index (χ0n) is 11.0. The summed E-state index contributed by atoms with van der Waals surface area (Å²) in [6.45, 7) is 0. The first-order chi connectivity index (χ1) is 10.3. The number of tetrazole rings is 1. The highest BCUT2D eigenvalue weighted by molar-refractivity contribution is 9.10. The van der Waals surface area contributed by atoms with Gasteiger partial charge in [-0.1, -0.05) is 52.0 Å². The number of benzene rings is 2. The summed E-state index contributed by atoms with van der Waals surface area (Å²) in [6.07, 6.45) is 0. The van der Waals surface area contributed by atoms with Crippen LogP contribution in [0.25, 0.3) is 5.69 Å². The van der Waals surface area contributed by atoms with Crippen molar-refractivity contribution in [2.45, 2.75) is 10.9 Å². The van der Waals surface area contributed by atoms with E-state index in [2.05, 4.69) is 31.5 Å². The topological polar surface area (TPSA) is 69.6 Å². The third-order valence-corrected chi connectivity index (χ3v) is 4.63. The van der Waals surface area contributed by atoms with Gasteiger partial charge in [-0.25, -0.2) is 0 Å². The zero-order chi connectivity index (χ0) is 14.7. The largest absolute Gasteiger partial charge is 0.398 e. The summed E-state index contributed by atoms with van der Waals surface area (Å²) in [5.74, 6) is 0.695. The average molecular weight is 362 g/mol. The summed E-state index contributed by atoms with van der Waals surface area (Å²) in [5.41, 5.74) is 8.75. The molecule has 0 saturated carbocycles. The number of aromatic nitrogens is 4. The van der Waals surface area contributed by atoms with Gasteiger partial charge < -0.3 is 5.73 Å². The Hall–Kier alpha value is -1.86. The summed E-state index contributed by atoms with van der Waals surface area (Å²) in [5, 5.41) is 12.6. The number of halogens is 1. The van der Waals surface area contributed by atoms with E-state index in [0.717, 1.165) is 26.6 Å². The molecule has 5 nitrogen and oxygen atoms in total. The third kappa shape index (κ3) is 3.08. The molecule has 0 radical (unpaired) electrons. The van der Waals surface area contributed by atoms with Gasteiger partial charge in [0.25, 0.3) is 0 Å². The Morgan fingerprint density at radius 1 is 1.10 bits per heavy atom. The molecule has 1 aromatic heterocycles. The number of nitrogens with two attached hydrogens (primary N) is 1. The smallest absolute Gasteiger partial charge is 0.214 e. The molecule has 0 amide bonds. The van der Waals surface area contributed by atoms with Crippen molar-refractivity contribution in [1.29, 1.82) is 0 Å². The van der Waals surface area contributed by atoms with Crippen LogP contribution in [0.1, 0.15) is 5.56 Å². The maximum Gasteiger partial charge on any atom is 0.214 e. The number of hydrogen-bond donors (Lipinski definition) is 1. The van der Waals surface area contributed by atoms with E-state index in [-0.39, 0.29) is 0 Å². The molecular formula is C14H12BrN5S. The molecule has 1 heterocycles. The second kappa shape index (κ2) is 6.28. The van der Waals surface area contributed by atoms with Gasteiger partial charge >= 0.3 is 0 Å². The Bertz CT molecular complexity index is 724. The van der Waals surface area contributed by atoms with E-state index in [0.29, 0.717) is 5.75 Å². The predicted octanol–water partition coefficient (Wildman–Crippen LogP) is 3.30. The van der Waals surface area contributed by atoms with Gasteiger partial charge in [0.05, 0.1) is 5.69 Å². The lowest BCUT2D eigenvalue weighted by Gasteiger charge is -2.08. The molecule has 106 valence electrons. The standard InChI is InChI=1S/C14H12BrN5S/c15-12-7-4-8-13(16)11(12)9-21-14-17-18-19-20(14)10-5-2-1-3-6-10/h1-8H,9,16H2. The molecular weight excluding hydrogens is 350 g/mol. The number of nitrogen functional groups attached to an aromatic ring is 1. The molecule has 0 aliphatic heterocycles. The minimum Gasteiger partial charge on any atom is -0.398 e. The van der Waals surface area contributed by atoms with Crippen LogP contribution >= 0.6 is 27.7 Å². The van der Waals surface area contributed by atoms with E-state index < -0.39 is 0 Å². The van der Waals surface area contributed by atoms with Crippen LogP contribution in [0.3, 0.4) is 0 Å². The van der Waals surface area contributed by atoms with E-state index in [9.17, 15) is 0 Å². The Morgan fingerprint density at radius 2 is 1.90 bits per heavy atom. The van der Waals surface area contributed by atoms with Gasteiger partial charge in [-0.15, -0.1) is 5.10 Å². The summed E-state index contributed by atoms with van der Waals surface area (Å²) in [4.78, 5) is 0. The van der Waals surface area contributed by atoms with Crippen molar-refractivity contribution in [3.05, 3.63) is 58.6 Å². The van der Waals surface area contributed by atoms with Crippen molar-refractivity contribution < 1.29 is 0 Å². The van der Waals surface area contributed by atoms with Crippen LogP contribution in [0.5, 0.6) is 0 Å². The Balaban J connectivity index is 1.83. The lowest BCUT2D eigenvalue weighted by Crippen LogP contribution is -1.99. The SMILES string of the molecule is Nc1cccc(Br)c1CSc1nnnn1-c1ccccc1. The summed E-state index contributed by atoms with van der Waals surface area (Å²) in [6, 6.07) is 15.6. The molecule has 2 aromatic carbocycles. The third-order valence-electron chi connectivity index (χ3n) is 2.94. The molecule has 0 aliphatic rings.